The van der Waals surface area contributed by atoms with Crippen molar-refractivity contribution in [2.24, 2.45) is 0 Å². The van der Waals surface area contributed by atoms with Crippen LogP contribution in [0, 0.1) is 5.82 Å². The molecule has 0 saturated heterocycles. The molecule has 1 aromatic carbocycles. The first-order valence-corrected chi connectivity index (χ1v) is 4.95. The summed E-state index contributed by atoms with van der Waals surface area (Å²) in [7, 11) is 0. The monoisotopic (exact) mass is 196 g/mol. The minimum atomic E-state index is -0.284. The van der Waals surface area contributed by atoms with Crippen LogP contribution < -0.4 is 11.1 Å². The van der Waals surface area contributed by atoms with Gasteiger partial charge in [-0.05, 0) is 31.5 Å². The van der Waals surface area contributed by atoms with E-state index in [4.69, 9.17) is 5.73 Å². The largest absolute Gasteiger partial charge is 0.399 e. The molecule has 0 saturated carbocycles. The Morgan fingerprint density at radius 3 is 2.79 bits per heavy atom. The molecule has 0 amide bonds. The molecular weight excluding hydrogens is 179 g/mol. The standard InChI is InChI=1S/C11H17FN2/c1-3-4-8(2)14-11-6-5-9(13)7-10(11)12/h5-8,14H,3-4,13H2,1-2H3. The number of nitrogens with one attached hydrogen (secondary N) is 1. The van der Waals surface area contributed by atoms with Crippen LogP contribution in [0.2, 0.25) is 0 Å². The van der Waals surface area contributed by atoms with Crippen molar-refractivity contribution in [2.45, 2.75) is 32.7 Å². The Kier molecular flexibility index (Phi) is 3.74. The van der Waals surface area contributed by atoms with E-state index in [-0.39, 0.29) is 11.9 Å². The van der Waals surface area contributed by atoms with E-state index in [9.17, 15) is 4.39 Å². The molecule has 0 aliphatic carbocycles. The van der Waals surface area contributed by atoms with Crippen LogP contribution in [0.5, 0.6) is 0 Å². The van der Waals surface area contributed by atoms with Gasteiger partial charge in [0.15, 0.2) is 0 Å². The molecule has 1 atom stereocenters. The fourth-order valence-corrected chi connectivity index (χ4v) is 1.42. The second-order valence-corrected chi connectivity index (χ2v) is 3.57. The molecule has 0 fully saturated rings. The van der Waals surface area contributed by atoms with E-state index in [1.165, 1.54) is 6.07 Å². The van der Waals surface area contributed by atoms with E-state index in [1.807, 2.05) is 6.92 Å². The number of hydrogen-bond acceptors (Lipinski definition) is 2. The van der Waals surface area contributed by atoms with Gasteiger partial charge in [-0.25, -0.2) is 4.39 Å². The summed E-state index contributed by atoms with van der Waals surface area (Å²) < 4.78 is 13.3. The molecule has 0 aliphatic heterocycles. The van der Waals surface area contributed by atoms with Crippen LogP contribution in [0.15, 0.2) is 18.2 Å². The van der Waals surface area contributed by atoms with Gasteiger partial charge in [-0.3, -0.25) is 0 Å². The predicted octanol–water partition coefficient (Wildman–Crippen LogP) is 3.01. The number of hydrogen-bond donors (Lipinski definition) is 2. The van der Waals surface area contributed by atoms with E-state index >= 15 is 0 Å². The molecule has 1 rings (SSSR count). The zero-order chi connectivity index (χ0) is 10.6. The Morgan fingerprint density at radius 1 is 1.50 bits per heavy atom. The van der Waals surface area contributed by atoms with Crippen molar-refractivity contribution in [1.82, 2.24) is 0 Å². The molecule has 3 heteroatoms. The van der Waals surface area contributed by atoms with Crippen LogP contribution in [0.25, 0.3) is 0 Å². The molecule has 0 radical (unpaired) electrons. The van der Waals surface area contributed by atoms with Crippen molar-refractivity contribution >= 4 is 11.4 Å². The number of benzene rings is 1. The molecule has 0 aliphatic rings. The van der Waals surface area contributed by atoms with Gasteiger partial charge in [0.05, 0.1) is 5.69 Å². The van der Waals surface area contributed by atoms with Crippen LogP contribution in [-0.4, -0.2) is 6.04 Å². The minimum absolute atomic E-state index is 0.284. The molecule has 3 N–H and O–H groups in total. The molecule has 0 aromatic heterocycles. The highest BCUT2D eigenvalue weighted by Crippen LogP contribution is 2.18. The highest BCUT2D eigenvalue weighted by atomic mass is 19.1. The van der Waals surface area contributed by atoms with Crippen LogP contribution in [0.3, 0.4) is 0 Å². The maximum atomic E-state index is 13.3. The van der Waals surface area contributed by atoms with Gasteiger partial charge in [0.2, 0.25) is 0 Å². The SMILES string of the molecule is CCCC(C)Nc1ccc(N)cc1F. The number of rotatable bonds is 4. The van der Waals surface area contributed by atoms with Gasteiger partial charge in [-0.1, -0.05) is 13.3 Å². The third-order valence-corrected chi connectivity index (χ3v) is 2.12. The third kappa shape index (κ3) is 2.91. The second-order valence-electron chi connectivity index (χ2n) is 3.57. The van der Waals surface area contributed by atoms with Gasteiger partial charge in [-0.2, -0.15) is 0 Å². The van der Waals surface area contributed by atoms with Gasteiger partial charge in [0, 0.05) is 11.7 Å². The number of anilines is 2. The van der Waals surface area contributed by atoms with Crippen molar-refractivity contribution in [2.75, 3.05) is 11.1 Å². The highest BCUT2D eigenvalue weighted by molar-refractivity contribution is 5.52. The lowest BCUT2D eigenvalue weighted by Gasteiger charge is -2.14. The van der Waals surface area contributed by atoms with Crippen LogP contribution >= 0.6 is 0 Å². The zero-order valence-electron chi connectivity index (χ0n) is 8.68. The summed E-state index contributed by atoms with van der Waals surface area (Å²) in [6.07, 6.45) is 2.12. The Morgan fingerprint density at radius 2 is 2.21 bits per heavy atom. The molecule has 14 heavy (non-hydrogen) atoms. The van der Waals surface area contributed by atoms with Crippen molar-refractivity contribution in [3.63, 3.8) is 0 Å². The first-order valence-electron chi connectivity index (χ1n) is 4.95. The van der Waals surface area contributed by atoms with Crippen molar-refractivity contribution in [1.29, 1.82) is 0 Å². The van der Waals surface area contributed by atoms with E-state index in [0.717, 1.165) is 12.8 Å². The lowest BCUT2D eigenvalue weighted by molar-refractivity contribution is 0.621. The Labute approximate surface area is 84.3 Å². The van der Waals surface area contributed by atoms with E-state index in [1.54, 1.807) is 12.1 Å². The molecule has 2 nitrogen and oxygen atoms in total. The maximum Gasteiger partial charge on any atom is 0.148 e. The quantitative estimate of drug-likeness (QED) is 0.726. The van der Waals surface area contributed by atoms with Gasteiger partial charge < -0.3 is 11.1 Å². The fourth-order valence-electron chi connectivity index (χ4n) is 1.42. The molecule has 0 spiro atoms. The Hall–Kier alpha value is -1.25. The summed E-state index contributed by atoms with van der Waals surface area (Å²) in [4.78, 5) is 0. The van der Waals surface area contributed by atoms with Crippen LogP contribution in [0.1, 0.15) is 26.7 Å². The van der Waals surface area contributed by atoms with Crippen LogP contribution in [-0.2, 0) is 0 Å². The highest BCUT2D eigenvalue weighted by Gasteiger charge is 2.05. The predicted molar refractivity (Wildman–Crippen MR) is 58.8 cm³/mol. The second kappa shape index (κ2) is 4.84. The van der Waals surface area contributed by atoms with Crippen molar-refractivity contribution < 1.29 is 4.39 Å². The zero-order valence-corrected chi connectivity index (χ0v) is 8.68. The van der Waals surface area contributed by atoms with Gasteiger partial charge in [0.1, 0.15) is 5.82 Å². The lowest BCUT2D eigenvalue weighted by atomic mass is 10.2. The average molecular weight is 196 g/mol. The van der Waals surface area contributed by atoms with Gasteiger partial charge >= 0.3 is 0 Å². The summed E-state index contributed by atoms with van der Waals surface area (Å²) in [5.41, 5.74) is 6.43. The number of halogens is 1. The summed E-state index contributed by atoms with van der Waals surface area (Å²) >= 11 is 0. The van der Waals surface area contributed by atoms with Gasteiger partial charge in [-0.15, -0.1) is 0 Å². The molecule has 0 heterocycles. The normalized spacial score (nSPS) is 12.5. The maximum absolute atomic E-state index is 13.3. The summed E-state index contributed by atoms with van der Waals surface area (Å²) in [6, 6.07) is 5.00. The average Bonchev–Trinajstić information content (AvgIpc) is 2.10. The lowest BCUT2D eigenvalue weighted by Crippen LogP contribution is -2.15. The summed E-state index contributed by atoms with van der Waals surface area (Å²) in [5, 5.41) is 3.11. The number of nitrogen functional groups attached to an aromatic ring is 1. The molecule has 1 unspecified atom stereocenters. The Balaban J connectivity index is 2.67. The summed E-state index contributed by atoms with van der Waals surface area (Å²) in [5.74, 6) is -0.284. The van der Waals surface area contributed by atoms with Crippen molar-refractivity contribution in [3.05, 3.63) is 24.0 Å². The first-order chi connectivity index (χ1) is 6.63. The van der Waals surface area contributed by atoms with E-state index in [0.29, 0.717) is 11.4 Å². The Bertz CT molecular complexity index is 299. The van der Waals surface area contributed by atoms with E-state index in [2.05, 4.69) is 12.2 Å². The number of nitrogens with two attached hydrogens (primary N) is 1. The molecular formula is C11H17FN2. The topological polar surface area (TPSA) is 38.0 Å². The minimum Gasteiger partial charge on any atom is -0.399 e. The summed E-state index contributed by atoms with van der Waals surface area (Å²) in [6.45, 7) is 4.15. The molecule has 1 aromatic rings. The van der Waals surface area contributed by atoms with E-state index < -0.39 is 0 Å². The fraction of sp³-hybridized carbons (Fsp3) is 0.455. The van der Waals surface area contributed by atoms with Crippen molar-refractivity contribution in [3.8, 4) is 0 Å². The third-order valence-electron chi connectivity index (χ3n) is 2.12. The molecule has 78 valence electrons. The first kappa shape index (κ1) is 10.8. The van der Waals surface area contributed by atoms with Gasteiger partial charge in [0.25, 0.3) is 0 Å². The van der Waals surface area contributed by atoms with Crippen LogP contribution in [0.4, 0.5) is 15.8 Å². The molecule has 0 bridgehead atoms. The smallest absolute Gasteiger partial charge is 0.148 e.